The summed E-state index contributed by atoms with van der Waals surface area (Å²) in [5.74, 6) is -0.657. The predicted octanol–water partition coefficient (Wildman–Crippen LogP) is 2.35. The molecule has 1 atom stereocenters. The Balaban J connectivity index is 1.32. The molecule has 0 bridgehead atoms. The van der Waals surface area contributed by atoms with E-state index in [0.29, 0.717) is 37.6 Å². The number of ether oxygens (including phenoxy) is 1. The van der Waals surface area contributed by atoms with E-state index in [1.54, 1.807) is 30.5 Å². The number of carbonyl (C=O) groups excluding carboxylic acids is 2. The molecule has 2 aromatic rings. The molecule has 0 spiro atoms. The maximum absolute atomic E-state index is 15.0. The molecule has 2 aliphatic rings. The van der Waals surface area contributed by atoms with Crippen molar-refractivity contribution in [3.8, 4) is 0 Å². The molecule has 12 heteroatoms. The fourth-order valence-corrected chi connectivity index (χ4v) is 3.90. The van der Waals surface area contributed by atoms with Gasteiger partial charge in [0, 0.05) is 32.1 Å². The number of nitrogens with zero attached hydrogens (tertiary/aromatic N) is 5. The van der Waals surface area contributed by atoms with Crippen LogP contribution in [0.15, 0.2) is 47.6 Å². The lowest BCUT2D eigenvalue weighted by molar-refractivity contribution is -0.384. The third-order valence-corrected chi connectivity index (χ3v) is 5.77. The predicted molar refractivity (Wildman–Crippen MR) is 127 cm³/mol. The van der Waals surface area contributed by atoms with Crippen LogP contribution in [0.5, 0.6) is 0 Å². The number of amides is 2. The van der Waals surface area contributed by atoms with Gasteiger partial charge < -0.3 is 15.0 Å². The van der Waals surface area contributed by atoms with E-state index in [0.717, 1.165) is 5.56 Å². The zero-order chi connectivity index (χ0) is 24.9. The number of hydrogen-bond acceptors (Lipinski definition) is 8. The molecule has 2 amide bonds. The molecule has 2 saturated heterocycles. The summed E-state index contributed by atoms with van der Waals surface area (Å²) in [6.45, 7) is 4.07. The number of nitro groups is 1. The second-order valence-electron chi connectivity index (χ2n) is 8.22. The third kappa shape index (κ3) is 5.83. The van der Waals surface area contributed by atoms with Crippen molar-refractivity contribution in [3.63, 3.8) is 0 Å². The molecule has 2 aromatic carbocycles. The number of non-ortho nitro benzene ring substituents is 1. The minimum Gasteiger partial charge on any atom is -0.442 e. The van der Waals surface area contributed by atoms with Gasteiger partial charge in [-0.05, 0) is 35.9 Å². The van der Waals surface area contributed by atoms with E-state index in [9.17, 15) is 24.1 Å². The highest BCUT2D eigenvalue weighted by Gasteiger charge is 2.33. The quantitative estimate of drug-likeness (QED) is 0.364. The fourth-order valence-electron chi connectivity index (χ4n) is 3.90. The molecule has 0 saturated carbocycles. The number of anilines is 2. The molecule has 11 nitrogen and oxygen atoms in total. The van der Waals surface area contributed by atoms with E-state index in [1.807, 2.05) is 9.91 Å². The van der Waals surface area contributed by atoms with Gasteiger partial charge in [-0.15, -0.1) is 0 Å². The van der Waals surface area contributed by atoms with E-state index in [2.05, 4.69) is 10.4 Å². The first-order valence-corrected chi connectivity index (χ1v) is 11.1. The summed E-state index contributed by atoms with van der Waals surface area (Å²) < 4.78 is 20.2. The van der Waals surface area contributed by atoms with Gasteiger partial charge in [0.1, 0.15) is 11.9 Å². The van der Waals surface area contributed by atoms with Gasteiger partial charge >= 0.3 is 6.09 Å². The first kappa shape index (κ1) is 23.9. The van der Waals surface area contributed by atoms with Crippen LogP contribution in [0.1, 0.15) is 12.5 Å². The molecule has 35 heavy (non-hydrogen) atoms. The number of nitrogens with one attached hydrogen (secondary N) is 1. The Bertz CT molecular complexity index is 1130. The van der Waals surface area contributed by atoms with Crippen molar-refractivity contribution < 1.29 is 23.6 Å². The monoisotopic (exact) mass is 484 g/mol. The number of hydrogen-bond donors (Lipinski definition) is 1. The van der Waals surface area contributed by atoms with E-state index in [1.165, 1.54) is 30.0 Å². The molecule has 0 unspecified atom stereocenters. The summed E-state index contributed by atoms with van der Waals surface area (Å²) >= 11 is 0. The van der Waals surface area contributed by atoms with Gasteiger partial charge in [0.25, 0.3) is 5.69 Å². The van der Waals surface area contributed by atoms with Crippen molar-refractivity contribution in [1.82, 2.24) is 10.3 Å². The van der Waals surface area contributed by atoms with Gasteiger partial charge in [-0.2, -0.15) is 5.10 Å². The van der Waals surface area contributed by atoms with Gasteiger partial charge in [0.2, 0.25) is 5.91 Å². The van der Waals surface area contributed by atoms with Crippen LogP contribution in [0.3, 0.4) is 0 Å². The van der Waals surface area contributed by atoms with Crippen molar-refractivity contribution in [2.24, 2.45) is 5.10 Å². The Morgan fingerprint density at radius 1 is 1.23 bits per heavy atom. The summed E-state index contributed by atoms with van der Waals surface area (Å²) in [5, 5.41) is 19.6. The van der Waals surface area contributed by atoms with Crippen LogP contribution >= 0.6 is 0 Å². The van der Waals surface area contributed by atoms with E-state index < -0.39 is 22.9 Å². The minimum absolute atomic E-state index is 0.0234. The zero-order valence-corrected chi connectivity index (χ0v) is 19.1. The molecule has 0 aromatic heterocycles. The maximum atomic E-state index is 15.0. The maximum Gasteiger partial charge on any atom is 0.414 e. The Morgan fingerprint density at radius 3 is 2.57 bits per heavy atom. The Hall–Kier alpha value is -4.22. The highest BCUT2D eigenvalue weighted by molar-refractivity contribution is 5.90. The molecule has 1 N–H and O–H groups in total. The van der Waals surface area contributed by atoms with Crippen LogP contribution in [0.2, 0.25) is 0 Å². The molecule has 2 aliphatic heterocycles. The first-order chi connectivity index (χ1) is 16.8. The second kappa shape index (κ2) is 10.4. The second-order valence-corrected chi connectivity index (χ2v) is 8.22. The average molecular weight is 484 g/mol. The van der Waals surface area contributed by atoms with E-state index >= 15 is 0 Å². The number of hydrazone groups is 1. The highest BCUT2D eigenvalue weighted by atomic mass is 19.1. The highest BCUT2D eigenvalue weighted by Crippen LogP contribution is 2.28. The first-order valence-electron chi connectivity index (χ1n) is 11.1. The van der Waals surface area contributed by atoms with Crippen LogP contribution in [-0.2, 0) is 9.53 Å². The molecule has 0 radical (unpaired) electrons. The van der Waals surface area contributed by atoms with Crippen LogP contribution < -0.4 is 15.1 Å². The van der Waals surface area contributed by atoms with Gasteiger partial charge in [-0.3, -0.25) is 24.8 Å². The number of piperazine rings is 1. The van der Waals surface area contributed by atoms with Crippen LogP contribution in [0, 0.1) is 15.9 Å². The van der Waals surface area contributed by atoms with Crippen LogP contribution in [-0.4, -0.2) is 73.5 Å². The summed E-state index contributed by atoms with van der Waals surface area (Å²) in [7, 11) is 0. The summed E-state index contributed by atoms with van der Waals surface area (Å²) in [5.41, 5.74) is 1.61. The van der Waals surface area contributed by atoms with Gasteiger partial charge in [-0.25, -0.2) is 9.18 Å². The third-order valence-electron chi connectivity index (χ3n) is 5.77. The van der Waals surface area contributed by atoms with E-state index in [4.69, 9.17) is 4.74 Å². The lowest BCUT2D eigenvalue weighted by Crippen LogP contribution is -2.44. The van der Waals surface area contributed by atoms with Gasteiger partial charge in [-0.1, -0.05) is 0 Å². The average Bonchev–Trinajstić information content (AvgIpc) is 3.22. The molecule has 2 fully saturated rings. The lowest BCUT2D eigenvalue weighted by atomic mass is 10.2. The summed E-state index contributed by atoms with van der Waals surface area (Å²) in [6.07, 6.45) is 0.573. The Morgan fingerprint density at radius 2 is 1.94 bits per heavy atom. The van der Waals surface area contributed by atoms with Crippen molar-refractivity contribution in [2.45, 2.75) is 13.0 Å². The number of nitro benzene ring substituents is 1. The van der Waals surface area contributed by atoms with Crippen LogP contribution in [0.25, 0.3) is 0 Å². The van der Waals surface area contributed by atoms with Gasteiger partial charge in [0.15, 0.2) is 0 Å². The molecule has 4 rings (SSSR count). The number of carbonyl (C=O) groups is 2. The lowest BCUT2D eigenvalue weighted by Gasteiger charge is -2.34. The normalized spacial score (nSPS) is 18.2. The SMILES string of the molecule is CC(=O)NC[C@H]1CN(c2ccc(N3CCN(/N=C/c4ccc([N+](=O)[O-])cc4)CC3)c(F)c2)C(=O)O1. The molecular weight excluding hydrogens is 459 g/mol. The smallest absolute Gasteiger partial charge is 0.414 e. The standard InChI is InChI=1S/C23H25FN6O5/c1-16(31)25-14-20-15-29(23(32)35-20)19-6-7-22(21(24)12-19)27-8-10-28(11-9-27)26-13-17-2-4-18(5-3-17)30(33)34/h2-7,12-13,20H,8-11,14-15H2,1H3,(H,25,31)/b26-13+/t20-/m0/s1. The van der Waals surface area contributed by atoms with Crippen molar-refractivity contribution in [2.75, 3.05) is 49.1 Å². The summed E-state index contributed by atoms with van der Waals surface area (Å²) in [6, 6.07) is 10.8. The molecule has 2 heterocycles. The van der Waals surface area contributed by atoms with Crippen LogP contribution in [0.4, 0.5) is 26.2 Å². The number of cyclic esters (lactones) is 1. The van der Waals surface area contributed by atoms with E-state index in [-0.39, 0.29) is 24.7 Å². The van der Waals surface area contributed by atoms with Crippen molar-refractivity contribution in [3.05, 3.63) is 64.0 Å². The number of halogens is 1. The number of rotatable bonds is 7. The van der Waals surface area contributed by atoms with Crippen molar-refractivity contribution in [1.29, 1.82) is 0 Å². The zero-order valence-electron chi connectivity index (χ0n) is 19.1. The Labute approximate surface area is 200 Å². The molecular formula is C23H25FN6O5. The van der Waals surface area contributed by atoms with Gasteiger partial charge in [0.05, 0.1) is 48.7 Å². The largest absolute Gasteiger partial charge is 0.442 e. The number of benzene rings is 2. The molecule has 184 valence electrons. The van der Waals surface area contributed by atoms with Crippen molar-refractivity contribution >= 4 is 35.3 Å². The Kier molecular flexibility index (Phi) is 7.09. The summed E-state index contributed by atoms with van der Waals surface area (Å²) in [4.78, 5) is 36.8. The molecule has 0 aliphatic carbocycles. The topological polar surface area (TPSA) is 121 Å². The fraction of sp³-hybridized carbons (Fsp3) is 0.348. The minimum atomic E-state index is -0.577.